The molecular formula is C12H12Cl2N4O2. The Labute approximate surface area is 125 Å². The Kier molecular flexibility index (Phi) is 4.15. The molecule has 1 N–H and O–H groups in total. The van der Waals surface area contributed by atoms with Crippen LogP contribution in [0.25, 0.3) is 0 Å². The van der Waals surface area contributed by atoms with Crippen molar-refractivity contribution in [2.75, 3.05) is 5.32 Å². The molecule has 6 nitrogen and oxygen atoms in total. The third kappa shape index (κ3) is 3.02. The Morgan fingerprint density at radius 2 is 2.15 bits per heavy atom. The first-order chi connectivity index (χ1) is 9.38. The van der Waals surface area contributed by atoms with Crippen molar-refractivity contribution in [2.24, 2.45) is 7.05 Å². The van der Waals surface area contributed by atoms with E-state index in [1.807, 2.05) is 6.92 Å². The lowest BCUT2D eigenvalue weighted by atomic mass is 10.1. The quantitative estimate of drug-likeness (QED) is 0.688. The third-order valence-electron chi connectivity index (χ3n) is 2.79. The van der Waals surface area contributed by atoms with Gasteiger partial charge < -0.3 is 5.32 Å². The van der Waals surface area contributed by atoms with E-state index >= 15 is 0 Å². The summed E-state index contributed by atoms with van der Waals surface area (Å²) in [7, 11) is 1.62. The largest absolute Gasteiger partial charge is 0.356 e. The summed E-state index contributed by atoms with van der Waals surface area (Å²) in [6.45, 7) is 1.84. The van der Waals surface area contributed by atoms with Gasteiger partial charge in [-0.1, -0.05) is 29.3 Å². The fourth-order valence-corrected chi connectivity index (χ4v) is 2.42. The van der Waals surface area contributed by atoms with Gasteiger partial charge in [0.2, 0.25) is 5.82 Å². The Morgan fingerprint density at radius 1 is 1.45 bits per heavy atom. The Hall–Kier alpha value is -1.79. The minimum absolute atomic E-state index is 0.0792. The van der Waals surface area contributed by atoms with E-state index in [-0.39, 0.29) is 17.5 Å². The highest BCUT2D eigenvalue weighted by atomic mass is 35.5. The van der Waals surface area contributed by atoms with Gasteiger partial charge in [0.15, 0.2) is 0 Å². The van der Waals surface area contributed by atoms with E-state index in [2.05, 4.69) is 10.4 Å². The highest BCUT2D eigenvalue weighted by molar-refractivity contribution is 6.35. The SMILES string of the molecule is CC(Nc1nn(C)cc1[N+](=O)[O-])c1ccc(Cl)cc1Cl. The van der Waals surface area contributed by atoms with Gasteiger partial charge in [0.1, 0.15) is 6.20 Å². The van der Waals surface area contributed by atoms with Crippen molar-refractivity contribution in [3.05, 3.63) is 50.1 Å². The molecule has 1 aromatic heterocycles. The minimum atomic E-state index is -0.481. The zero-order valence-corrected chi connectivity index (χ0v) is 12.3. The van der Waals surface area contributed by atoms with Crippen LogP contribution in [-0.2, 0) is 7.05 Å². The van der Waals surface area contributed by atoms with E-state index in [1.165, 1.54) is 10.9 Å². The van der Waals surface area contributed by atoms with Crippen LogP contribution in [0.4, 0.5) is 11.5 Å². The molecule has 8 heteroatoms. The number of anilines is 1. The smallest absolute Gasteiger partial charge is 0.330 e. The summed E-state index contributed by atoms with van der Waals surface area (Å²) in [5.41, 5.74) is 0.709. The van der Waals surface area contributed by atoms with Crippen LogP contribution < -0.4 is 5.32 Å². The van der Waals surface area contributed by atoms with Gasteiger partial charge in [-0.3, -0.25) is 14.8 Å². The molecule has 106 valence electrons. The van der Waals surface area contributed by atoms with Crippen LogP contribution in [-0.4, -0.2) is 14.7 Å². The molecule has 2 rings (SSSR count). The average molecular weight is 315 g/mol. The zero-order valence-electron chi connectivity index (χ0n) is 10.8. The predicted molar refractivity (Wildman–Crippen MR) is 78.4 cm³/mol. The van der Waals surface area contributed by atoms with Crippen LogP contribution in [0.3, 0.4) is 0 Å². The normalized spacial score (nSPS) is 12.2. The predicted octanol–water partition coefficient (Wildman–Crippen LogP) is 3.81. The first-order valence-corrected chi connectivity index (χ1v) is 6.53. The maximum absolute atomic E-state index is 10.9. The number of halogens is 2. The summed E-state index contributed by atoms with van der Waals surface area (Å²) < 4.78 is 1.39. The lowest BCUT2D eigenvalue weighted by molar-refractivity contribution is -0.384. The lowest BCUT2D eigenvalue weighted by Gasteiger charge is -2.15. The van der Waals surface area contributed by atoms with Gasteiger partial charge in [0, 0.05) is 17.1 Å². The van der Waals surface area contributed by atoms with Crippen molar-refractivity contribution in [2.45, 2.75) is 13.0 Å². The second-order valence-corrected chi connectivity index (χ2v) is 5.17. The number of nitrogens with one attached hydrogen (secondary N) is 1. The summed E-state index contributed by atoms with van der Waals surface area (Å²) in [6, 6.07) is 4.88. The number of hydrogen-bond donors (Lipinski definition) is 1. The van der Waals surface area contributed by atoms with Gasteiger partial charge in [0.25, 0.3) is 0 Å². The molecule has 1 atom stereocenters. The molecule has 0 aliphatic heterocycles. The molecule has 1 unspecified atom stereocenters. The molecule has 1 aromatic carbocycles. The van der Waals surface area contributed by atoms with Crippen LogP contribution in [0.1, 0.15) is 18.5 Å². The summed E-state index contributed by atoms with van der Waals surface area (Å²) in [4.78, 5) is 10.5. The Balaban J connectivity index is 2.27. The number of nitro groups is 1. The van der Waals surface area contributed by atoms with Gasteiger partial charge in [-0.25, -0.2) is 0 Å². The van der Waals surface area contributed by atoms with Gasteiger partial charge in [-0.2, -0.15) is 0 Å². The summed E-state index contributed by atoms with van der Waals surface area (Å²) in [5.74, 6) is 0.205. The Bertz CT molecular complexity index is 657. The number of benzene rings is 1. The van der Waals surface area contributed by atoms with E-state index in [0.717, 1.165) is 5.56 Å². The van der Waals surface area contributed by atoms with E-state index in [1.54, 1.807) is 25.2 Å². The minimum Gasteiger partial charge on any atom is -0.356 e. The second kappa shape index (κ2) is 5.68. The summed E-state index contributed by atoms with van der Waals surface area (Å²) >= 11 is 12.0. The molecule has 2 aromatic rings. The molecule has 0 aliphatic rings. The second-order valence-electron chi connectivity index (χ2n) is 4.33. The fourth-order valence-electron chi connectivity index (χ4n) is 1.85. The summed E-state index contributed by atoms with van der Waals surface area (Å²) in [5, 5.41) is 19.0. The van der Waals surface area contributed by atoms with Crippen LogP contribution in [0.15, 0.2) is 24.4 Å². The number of aromatic nitrogens is 2. The molecule has 0 fully saturated rings. The molecule has 0 spiro atoms. The number of aryl methyl sites for hydroxylation is 1. The zero-order chi connectivity index (χ0) is 14.9. The highest BCUT2D eigenvalue weighted by Crippen LogP contribution is 2.30. The highest BCUT2D eigenvalue weighted by Gasteiger charge is 2.21. The van der Waals surface area contributed by atoms with E-state index in [0.29, 0.717) is 10.0 Å². The molecule has 0 bridgehead atoms. The van der Waals surface area contributed by atoms with Crippen molar-refractivity contribution in [3.63, 3.8) is 0 Å². The van der Waals surface area contributed by atoms with Crippen LogP contribution in [0.2, 0.25) is 10.0 Å². The lowest BCUT2D eigenvalue weighted by Crippen LogP contribution is -2.09. The Morgan fingerprint density at radius 3 is 2.75 bits per heavy atom. The van der Waals surface area contributed by atoms with Gasteiger partial charge in [0.05, 0.1) is 11.0 Å². The van der Waals surface area contributed by atoms with Crippen molar-refractivity contribution in [3.8, 4) is 0 Å². The van der Waals surface area contributed by atoms with Crippen molar-refractivity contribution >= 4 is 34.7 Å². The number of hydrogen-bond acceptors (Lipinski definition) is 4. The van der Waals surface area contributed by atoms with Crippen LogP contribution in [0, 0.1) is 10.1 Å². The van der Waals surface area contributed by atoms with E-state index < -0.39 is 4.92 Å². The average Bonchev–Trinajstić information content (AvgIpc) is 2.70. The molecule has 0 aliphatic carbocycles. The molecule has 1 heterocycles. The van der Waals surface area contributed by atoms with Gasteiger partial charge >= 0.3 is 5.69 Å². The van der Waals surface area contributed by atoms with Crippen LogP contribution >= 0.6 is 23.2 Å². The first kappa shape index (κ1) is 14.6. The van der Waals surface area contributed by atoms with Crippen molar-refractivity contribution < 1.29 is 4.92 Å². The maximum Gasteiger partial charge on any atom is 0.330 e. The van der Waals surface area contributed by atoms with Gasteiger partial charge in [-0.05, 0) is 24.6 Å². The van der Waals surface area contributed by atoms with Crippen LogP contribution in [0.5, 0.6) is 0 Å². The number of nitrogens with zero attached hydrogens (tertiary/aromatic N) is 3. The molecule has 0 radical (unpaired) electrons. The van der Waals surface area contributed by atoms with Crippen molar-refractivity contribution in [1.82, 2.24) is 9.78 Å². The monoisotopic (exact) mass is 314 g/mol. The van der Waals surface area contributed by atoms with E-state index in [4.69, 9.17) is 23.2 Å². The molecule has 0 amide bonds. The van der Waals surface area contributed by atoms with Crippen molar-refractivity contribution in [1.29, 1.82) is 0 Å². The number of rotatable bonds is 4. The van der Waals surface area contributed by atoms with E-state index in [9.17, 15) is 10.1 Å². The molecule has 0 saturated carbocycles. The van der Waals surface area contributed by atoms with Gasteiger partial charge in [-0.15, -0.1) is 5.10 Å². The first-order valence-electron chi connectivity index (χ1n) is 5.78. The molecular weight excluding hydrogens is 303 g/mol. The third-order valence-corrected chi connectivity index (χ3v) is 3.35. The molecule has 20 heavy (non-hydrogen) atoms. The standard InChI is InChI=1S/C12H12Cl2N4O2/c1-7(9-4-3-8(13)5-10(9)14)15-12-11(18(19)20)6-17(2)16-12/h3-7H,1-2H3,(H,15,16). The topological polar surface area (TPSA) is 73.0 Å². The fraction of sp³-hybridized carbons (Fsp3) is 0.250. The summed E-state index contributed by atoms with van der Waals surface area (Å²) in [6.07, 6.45) is 1.35. The molecule has 0 saturated heterocycles. The maximum atomic E-state index is 10.9.